The maximum absolute atomic E-state index is 3.41. The van der Waals surface area contributed by atoms with Gasteiger partial charge in [0.1, 0.15) is 0 Å². The van der Waals surface area contributed by atoms with Crippen LogP contribution in [-0.2, 0) is 6.42 Å². The fourth-order valence-electron chi connectivity index (χ4n) is 1.78. The molecule has 1 nitrogen and oxygen atoms in total. The Hall–Kier alpha value is -0.820. The Labute approximate surface area is 80.2 Å². The molecule has 1 N–H and O–H groups in total. The summed E-state index contributed by atoms with van der Waals surface area (Å²) >= 11 is 0. The fourth-order valence-corrected chi connectivity index (χ4v) is 1.78. The van der Waals surface area contributed by atoms with Crippen LogP contribution in [0.2, 0.25) is 0 Å². The van der Waals surface area contributed by atoms with Crippen molar-refractivity contribution < 1.29 is 0 Å². The van der Waals surface area contributed by atoms with Gasteiger partial charge in [-0.15, -0.1) is 0 Å². The second-order valence-corrected chi connectivity index (χ2v) is 3.79. The third kappa shape index (κ3) is 1.92. The Morgan fingerprint density at radius 1 is 1.31 bits per heavy atom. The summed E-state index contributed by atoms with van der Waals surface area (Å²) in [6.45, 7) is 3.41. The van der Waals surface area contributed by atoms with Crippen LogP contribution < -0.4 is 5.32 Å². The molecule has 13 heavy (non-hydrogen) atoms. The Morgan fingerprint density at radius 2 is 2.00 bits per heavy atom. The van der Waals surface area contributed by atoms with Crippen LogP contribution in [0, 0.1) is 0 Å². The molecule has 0 aliphatic carbocycles. The van der Waals surface area contributed by atoms with E-state index in [1.54, 1.807) is 0 Å². The van der Waals surface area contributed by atoms with Crippen LogP contribution in [0.1, 0.15) is 36.9 Å². The molecule has 0 aromatic heterocycles. The highest BCUT2D eigenvalue weighted by molar-refractivity contribution is 5.26. The summed E-state index contributed by atoms with van der Waals surface area (Å²) in [5.74, 6) is 0. The molecule has 1 aromatic carbocycles. The molecule has 0 amide bonds. The normalized spacial score (nSPS) is 21.2. The van der Waals surface area contributed by atoms with E-state index in [4.69, 9.17) is 0 Å². The third-order valence-corrected chi connectivity index (χ3v) is 2.74. The maximum Gasteiger partial charge on any atom is 0.0332 e. The molecule has 0 saturated carbocycles. The summed E-state index contributed by atoms with van der Waals surface area (Å²) in [5.41, 5.74) is 2.91. The highest BCUT2D eigenvalue weighted by Crippen LogP contribution is 2.22. The van der Waals surface area contributed by atoms with Gasteiger partial charge in [-0.25, -0.2) is 0 Å². The Bertz CT molecular complexity index is 259. The van der Waals surface area contributed by atoms with Gasteiger partial charge >= 0.3 is 0 Å². The van der Waals surface area contributed by atoms with E-state index >= 15 is 0 Å². The Morgan fingerprint density at radius 3 is 2.46 bits per heavy atom. The molecule has 0 spiro atoms. The minimum atomic E-state index is 0.635. The van der Waals surface area contributed by atoms with E-state index < -0.39 is 0 Å². The highest BCUT2D eigenvalue weighted by Gasteiger charge is 2.17. The molecule has 2 rings (SSSR count). The van der Waals surface area contributed by atoms with E-state index in [0.29, 0.717) is 6.04 Å². The second kappa shape index (κ2) is 3.93. The van der Waals surface area contributed by atoms with Crippen molar-refractivity contribution in [1.82, 2.24) is 5.32 Å². The minimum Gasteiger partial charge on any atom is -0.310 e. The van der Waals surface area contributed by atoms with E-state index in [1.807, 2.05) is 0 Å². The van der Waals surface area contributed by atoms with E-state index in [1.165, 1.54) is 36.9 Å². The van der Waals surface area contributed by atoms with Crippen LogP contribution in [0.25, 0.3) is 0 Å². The lowest BCUT2D eigenvalue weighted by Gasteiger charge is -2.28. The first-order chi connectivity index (χ1) is 6.40. The van der Waals surface area contributed by atoms with Gasteiger partial charge in [-0.05, 0) is 30.5 Å². The predicted molar refractivity (Wildman–Crippen MR) is 55.8 cm³/mol. The molecular formula is C12H17N. The molecule has 1 aliphatic heterocycles. The predicted octanol–water partition coefficient (Wildman–Crippen LogP) is 2.67. The summed E-state index contributed by atoms with van der Waals surface area (Å²) < 4.78 is 0. The van der Waals surface area contributed by atoms with Crippen molar-refractivity contribution in [2.45, 2.75) is 32.2 Å². The smallest absolute Gasteiger partial charge is 0.0332 e. The minimum absolute atomic E-state index is 0.635. The van der Waals surface area contributed by atoms with Crippen molar-refractivity contribution in [3.05, 3.63) is 35.4 Å². The molecule has 70 valence electrons. The van der Waals surface area contributed by atoms with Crippen LogP contribution >= 0.6 is 0 Å². The van der Waals surface area contributed by atoms with E-state index in [9.17, 15) is 0 Å². The summed E-state index contributed by atoms with van der Waals surface area (Å²) in [4.78, 5) is 0. The summed E-state index contributed by atoms with van der Waals surface area (Å²) in [6, 6.07) is 9.69. The first-order valence-electron chi connectivity index (χ1n) is 5.22. The van der Waals surface area contributed by atoms with Gasteiger partial charge in [0, 0.05) is 6.04 Å². The van der Waals surface area contributed by atoms with Crippen molar-refractivity contribution in [3.63, 3.8) is 0 Å². The molecule has 1 aliphatic rings. The number of hydrogen-bond acceptors (Lipinski definition) is 1. The maximum atomic E-state index is 3.41. The van der Waals surface area contributed by atoms with Gasteiger partial charge in [-0.3, -0.25) is 0 Å². The second-order valence-electron chi connectivity index (χ2n) is 3.79. The van der Waals surface area contributed by atoms with Gasteiger partial charge in [-0.1, -0.05) is 37.6 Å². The van der Waals surface area contributed by atoms with Crippen molar-refractivity contribution in [2.75, 3.05) is 6.54 Å². The van der Waals surface area contributed by atoms with E-state index in [-0.39, 0.29) is 0 Å². The van der Waals surface area contributed by atoms with Crippen LogP contribution in [-0.4, -0.2) is 6.54 Å². The lowest BCUT2D eigenvalue weighted by Crippen LogP contribution is -2.34. The van der Waals surface area contributed by atoms with Crippen LogP contribution in [0.15, 0.2) is 24.3 Å². The lowest BCUT2D eigenvalue weighted by atomic mass is 9.96. The largest absolute Gasteiger partial charge is 0.310 e. The Balaban J connectivity index is 2.04. The lowest BCUT2D eigenvalue weighted by molar-refractivity contribution is 0.383. The zero-order chi connectivity index (χ0) is 9.10. The van der Waals surface area contributed by atoms with E-state index in [2.05, 4.69) is 36.5 Å². The molecule has 1 heteroatoms. The number of benzene rings is 1. The van der Waals surface area contributed by atoms with Gasteiger partial charge in [0.15, 0.2) is 0 Å². The summed E-state index contributed by atoms with van der Waals surface area (Å²) in [6.07, 6.45) is 3.74. The van der Waals surface area contributed by atoms with Crippen LogP contribution in [0.4, 0.5) is 0 Å². The monoisotopic (exact) mass is 175 g/mol. The number of nitrogens with one attached hydrogen (secondary N) is 1. The summed E-state index contributed by atoms with van der Waals surface area (Å²) in [7, 11) is 0. The first kappa shape index (κ1) is 8.76. The van der Waals surface area contributed by atoms with Crippen molar-refractivity contribution in [1.29, 1.82) is 0 Å². The van der Waals surface area contributed by atoms with E-state index in [0.717, 1.165) is 0 Å². The molecule has 1 saturated heterocycles. The zero-order valence-electron chi connectivity index (χ0n) is 8.22. The van der Waals surface area contributed by atoms with Crippen molar-refractivity contribution in [3.8, 4) is 0 Å². The van der Waals surface area contributed by atoms with Gasteiger partial charge in [0.05, 0.1) is 0 Å². The zero-order valence-corrected chi connectivity index (χ0v) is 8.22. The van der Waals surface area contributed by atoms with Gasteiger partial charge < -0.3 is 5.32 Å². The SMILES string of the molecule is CCCc1ccc([C@H]2CCN2)cc1. The van der Waals surface area contributed by atoms with Gasteiger partial charge in [0.25, 0.3) is 0 Å². The van der Waals surface area contributed by atoms with Crippen molar-refractivity contribution >= 4 is 0 Å². The molecular weight excluding hydrogens is 158 g/mol. The highest BCUT2D eigenvalue weighted by atomic mass is 15.0. The van der Waals surface area contributed by atoms with Crippen molar-refractivity contribution in [2.24, 2.45) is 0 Å². The first-order valence-corrected chi connectivity index (χ1v) is 5.22. The number of rotatable bonds is 3. The topological polar surface area (TPSA) is 12.0 Å². The summed E-state index contributed by atoms with van der Waals surface area (Å²) in [5, 5.41) is 3.41. The fraction of sp³-hybridized carbons (Fsp3) is 0.500. The molecule has 0 bridgehead atoms. The molecule has 1 atom stereocenters. The number of hydrogen-bond donors (Lipinski definition) is 1. The van der Waals surface area contributed by atoms with Gasteiger partial charge in [0.2, 0.25) is 0 Å². The standard InChI is InChI=1S/C12H17N/c1-2-3-10-4-6-11(7-5-10)12-8-9-13-12/h4-7,12-13H,2-3,8-9H2,1H3/t12-/m1/s1. The van der Waals surface area contributed by atoms with Crippen LogP contribution in [0.3, 0.4) is 0 Å². The molecule has 0 radical (unpaired) electrons. The average molecular weight is 175 g/mol. The quantitative estimate of drug-likeness (QED) is 0.744. The molecule has 1 heterocycles. The molecule has 1 fully saturated rings. The molecule has 1 aromatic rings. The Kier molecular flexibility index (Phi) is 2.65. The van der Waals surface area contributed by atoms with Crippen LogP contribution in [0.5, 0.6) is 0 Å². The average Bonchev–Trinajstić information content (AvgIpc) is 2.06. The molecule has 0 unspecified atom stereocenters. The number of aryl methyl sites for hydroxylation is 1. The third-order valence-electron chi connectivity index (χ3n) is 2.74. The van der Waals surface area contributed by atoms with Gasteiger partial charge in [-0.2, -0.15) is 0 Å².